The van der Waals surface area contributed by atoms with Crippen molar-refractivity contribution in [1.29, 1.82) is 0 Å². The summed E-state index contributed by atoms with van der Waals surface area (Å²) in [4.78, 5) is 33.6. The number of carbonyl (C=O) groups is 3. The highest BCUT2D eigenvalue weighted by molar-refractivity contribution is 5.82. The van der Waals surface area contributed by atoms with Crippen molar-refractivity contribution < 1.29 is 19.5 Å². The third kappa shape index (κ3) is 4.63. The molecule has 0 aromatic carbocycles. The lowest BCUT2D eigenvalue weighted by Crippen LogP contribution is -2.47. The SMILES string of the molecule is CN(CC(=O)O)C(=O)NCC(C)(C)C(N)=O. The molecular weight excluding hydrogens is 214 g/mol. The highest BCUT2D eigenvalue weighted by Crippen LogP contribution is 2.11. The van der Waals surface area contributed by atoms with Crippen molar-refractivity contribution in [3.63, 3.8) is 0 Å². The molecule has 7 nitrogen and oxygen atoms in total. The number of carboxylic acid groups (broad SMARTS) is 1. The van der Waals surface area contributed by atoms with Gasteiger partial charge in [-0.05, 0) is 13.8 Å². The van der Waals surface area contributed by atoms with Crippen LogP contribution in [-0.4, -0.2) is 48.1 Å². The van der Waals surface area contributed by atoms with Crippen LogP contribution in [0, 0.1) is 5.41 Å². The zero-order valence-corrected chi connectivity index (χ0v) is 9.61. The summed E-state index contributed by atoms with van der Waals surface area (Å²) in [6.45, 7) is 2.84. The van der Waals surface area contributed by atoms with Crippen LogP contribution in [0.1, 0.15) is 13.8 Å². The summed E-state index contributed by atoms with van der Waals surface area (Å²) in [6, 6.07) is -0.559. The summed E-state index contributed by atoms with van der Waals surface area (Å²) in [7, 11) is 1.35. The molecule has 0 bridgehead atoms. The fraction of sp³-hybridized carbons (Fsp3) is 0.667. The average molecular weight is 231 g/mol. The van der Waals surface area contributed by atoms with Gasteiger partial charge in [0.15, 0.2) is 0 Å². The summed E-state index contributed by atoms with van der Waals surface area (Å²) in [5, 5.41) is 10.9. The van der Waals surface area contributed by atoms with E-state index in [4.69, 9.17) is 10.8 Å². The van der Waals surface area contributed by atoms with Gasteiger partial charge < -0.3 is 21.1 Å². The van der Waals surface area contributed by atoms with Crippen molar-refractivity contribution in [3.8, 4) is 0 Å². The Labute approximate surface area is 93.6 Å². The topological polar surface area (TPSA) is 113 Å². The van der Waals surface area contributed by atoms with Gasteiger partial charge >= 0.3 is 12.0 Å². The van der Waals surface area contributed by atoms with E-state index in [2.05, 4.69) is 5.32 Å². The predicted molar refractivity (Wildman–Crippen MR) is 56.6 cm³/mol. The molecule has 7 heteroatoms. The molecule has 92 valence electrons. The van der Waals surface area contributed by atoms with Crippen LogP contribution in [0.5, 0.6) is 0 Å². The van der Waals surface area contributed by atoms with Gasteiger partial charge in [-0.1, -0.05) is 0 Å². The molecule has 0 aromatic heterocycles. The first-order valence-corrected chi connectivity index (χ1v) is 4.67. The summed E-state index contributed by atoms with van der Waals surface area (Å²) in [5.74, 6) is -1.64. The van der Waals surface area contributed by atoms with E-state index in [1.165, 1.54) is 7.05 Å². The van der Waals surface area contributed by atoms with E-state index in [0.717, 1.165) is 4.90 Å². The second-order valence-corrected chi connectivity index (χ2v) is 4.16. The number of amides is 3. The van der Waals surface area contributed by atoms with Gasteiger partial charge in [0.05, 0.1) is 5.41 Å². The quantitative estimate of drug-likeness (QED) is 0.576. The minimum atomic E-state index is -1.10. The number of nitrogens with zero attached hydrogens (tertiary/aromatic N) is 1. The van der Waals surface area contributed by atoms with Crippen LogP contribution in [0.2, 0.25) is 0 Å². The summed E-state index contributed by atoms with van der Waals surface area (Å²) in [5.41, 5.74) is 4.25. The number of hydrogen-bond donors (Lipinski definition) is 3. The van der Waals surface area contributed by atoms with Gasteiger partial charge in [-0.25, -0.2) is 4.79 Å². The van der Waals surface area contributed by atoms with Gasteiger partial charge in [0.1, 0.15) is 6.54 Å². The monoisotopic (exact) mass is 231 g/mol. The van der Waals surface area contributed by atoms with Gasteiger partial charge in [0.2, 0.25) is 5.91 Å². The van der Waals surface area contributed by atoms with Crippen molar-refractivity contribution in [2.24, 2.45) is 11.1 Å². The summed E-state index contributed by atoms with van der Waals surface area (Å²) >= 11 is 0. The molecule has 0 unspecified atom stereocenters. The molecule has 0 aromatic rings. The van der Waals surface area contributed by atoms with Crippen molar-refractivity contribution in [1.82, 2.24) is 10.2 Å². The molecule has 3 amide bonds. The van der Waals surface area contributed by atoms with E-state index in [9.17, 15) is 14.4 Å². The fourth-order valence-electron chi connectivity index (χ4n) is 0.793. The maximum Gasteiger partial charge on any atom is 0.323 e. The van der Waals surface area contributed by atoms with E-state index in [-0.39, 0.29) is 6.54 Å². The molecule has 0 spiro atoms. The van der Waals surface area contributed by atoms with Crippen LogP contribution >= 0.6 is 0 Å². The normalized spacial score (nSPS) is 10.7. The molecular formula is C9H17N3O4. The van der Waals surface area contributed by atoms with Crippen LogP contribution in [0.25, 0.3) is 0 Å². The Balaban J connectivity index is 4.17. The number of nitrogens with two attached hydrogens (primary N) is 1. The number of urea groups is 1. The molecule has 0 aliphatic rings. The first-order valence-electron chi connectivity index (χ1n) is 4.67. The maximum absolute atomic E-state index is 11.3. The van der Waals surface area contributed by atoms with Gasteiger partial charge in [-0.3, -0.25) is 9.59 Å². The number of carboxylic acids is 1. The Morgan fingerprint density at radius 1 is 1.38 bits per heavy atom. The van der Waals surface area contributed by atoms with Gasteiger partial charge in [0.25, 0.3) is 0 Å². The van der Waals surface area contributed by atoms with Crippen LogP contribution in [0.4, 0.5) is 4.79 Å². The van der Waals surface area contributed by atoms with E-state index in [1.807, 2.05) is 0 Å². The number of hydrogen-bond acceptors (Lipinski definition) is 3. The van der Waals surface area contributed by atoms with E-state index < -0.39 is 29.9 Å². The summed E-state index contributed by atoms with van der Waals surface area (Å²) < 4.78 is 0. The molecule has 0 radical (unpaired) electrons. The largest absolute Gasteiger partial charge is 0.480 e. The van der Waals surface area contributed by atoms with Crippen molar-refractivity contribution in [2.45, 2.75) is 13.8 Å². The lowest BCUT2D eigenvalue weighted by Gasteiger charge is -2.23. The molecule has 0 rings (SSSR count). The predicted octanol–water partition coefficient (Wildman–Crippen LogP) is -0.776. The number of nitrogens with one attached hydrogen (secondary N) is 1. The maximum atomic E-state index is 11.3. The Bertz CT molecular complexity index is 301. The molecule has 0 saturated carbocycles. The highest BCUT2D eigenvalue weighted by Gasteiger charge is 2.26. The van der Waals surface area contributed by atoms with Crippen LogP contribution < -0.4 is 11.1 Å². The molecule has 0 atom stereocenters. The molecule has 0 saturated heterocycles. The number of rotatable bonds is 5. The second-order valence-electron chi connectivity index (χ2n) is 4.16. The van der Waals surface area contributed by atoms with Gasteiger partial charge in [-0.15, -0.1) is 0 Å². The number of likely N-dealkylation sites (N-methyl/N-ethyl adjacent to an activating group) is 1. The van der Waals surface area contributed by atoms with Crippen LogP contribution in [0.15, 0.2) is 0 Å². The third-order valence-corrected chi connectivity index (χ3v) is 2.07. The Kier molecular flexibility index (Phi) is 4.74. The Hall–Kier alpha value is -1.79. The summed E-state index contributed by atoms with van der Waals surface area (Å²) in [6.07, 6.45) is 0. The Morgan fingerprint density at radius 2 is 1.88 bits per heavy atom. The number of aliphatic carboxylic acids is 1. The van der Waals surface area contributed by atoms with E-state index in [0.29, 0.717) is 0 Å². The second kappa shape index (κ2) is 5.34. The fourth-order valence-corrected chi connectivity index (χ4v) is 0.793. The van der Waals surface area contributed by atoms with Crippen LogP contribution in [0.3, 0.4) is 0 Å². The first-order chi connectivity index (χ1) is 7.16. The first kappa shape index (κ1) is 14.2. The molecule has 0 heterocycles. The number of carbonyl (C=O) groups excluding carboxylic acids is 2. The van der Waals surface area contributed by atoms with Crippen molar-refractivity contribution in [2.75, 3.05) is 20.1 Å². The molecule has 4 N–H and O–H groups in total. The molecule has 0 fully saturated rings. The highest BCUT2D eigenvalue weighted by atomic mass is 16.4. The van der Waals surface area contributed by atoms with Crippen molar-refractivity contribution >= 4 is 17.9 Å². The minimum Gasteiger partial charge on any atom is -0.480 e. The average Bonchev–Trinajstić information content (AvgIpc) is 2.12. The molecule has 0 aliphatic heterocycles. The van der Waals surface area contributed by atoms with Gasteiger partial charge in [0, 0.05) is 13.6 Å². The number of primary amides is 1. The molecule has 0 aliphatic carbocycles. The minimum absolute atomic E-state index is 0.0606. The standard InChI is InChI=1S/C9H17N3O4/c1-9(2,7(10)15)5-11-8(16)12(3)4-6(13)14/h4-5H2,1-3H3,(H2,10,15)(H,11,16)(H,13,14). The molecule has 16 heavy (non-hydrogen) atoms. The zero-order chi connectivity index (χ0) is 12.9. The van der Waals surface area contributed by atoms with Crippen LogP contribution in [-0.2, 0) is 9.59 Å². The van der Waals surface area contributed by atoms with Crippen molar-refractivity contribution in [3.05, 3.63) is 0 Å². The van der Waals surface area contributed by atoms with E-state index in [1.54, 1.807) is 13.8 Å². The van der Waals surface area contributed by atoms with Gasteiger partial charge in [-0.2, -0.15) is 0 Å². The lowest BCUT2D eigenvalue weighted by atomic mass is 9.93. The Morgan fingerprint density at radius 3 is 2.25 bits per heavy atom. The lowest BCUT2D eigenvalue weighted by molar-refractivity contribution is -0.137. The van der Waals surface area contributed by atoms with E-state index >= 15 is 0 Å². The zero-order valence-electron chi connectivity index (χ0n) is 9.61. The smallest absolute Gasteiger partial charge is 0.323 e. The third-order valence-electron chi connectivity index (χ3n) is 2.07.